The van der Waals surface area contributed by atoms with Crippen LogP contribution in [-0.4, -0.2) is 44.3 Å². The molecule has 240 valence electrons. The molecule has 3 aromatic rings. The third-order valence-electron chi connectivity index (χ3n) is 9.99. The van der Waals surface area contributed by atoms with E-state index in [4.69, 9.17) is 4.98 Å². The van der Waals surface area contributed by atoms with Gasteiger partial charge in [0, 0.05) is 42.5 Å². The van der Waals surface area contributed by atoms with E-state index in [0.717, 1.165) is 45.7 Å². The fourth-order valence-corrected chi connectivity index (χ4v) is 7.39. The lowest BCUT2D eigenvalue weighted by molar-refractivity contribution is -0.149. The van der Waals surface area contributed by atoms with Gasteiger partial charge >= 0.3 is 0 Å². The second-order valence-corrected chi connectivity index (χ2v) is 13.1. The van der Waals surface area contributed by atoms with E-state index >= 15 is 0 Å². The minimum absolute atomic E-state index is 0.0263. The minimum atomic E-state index is -0.879. The average Bonchev–Trinajstić information content (AvgIpc) is 3.54. The summed E-state index contributed by atoms with van der Waals surface area (Å²) in [5.74, 6) is -0.794. The topological polar surface area (TPSA) is 87.2 Å². The Kier molecular flexibility index (Phi) is 8.40. The van der Waals surface area contributed by atoms with Crippen LogP contribution in [0.1, 0.15) is 75.6 Å². The molecule has 3 atom stereocenters. The van der Waals surface area contributed by atoms with Gasteiger partial charge in [0.2, 0.25) is 11.8 Å². The Morgan fingerprint density at radius 2 is 1.85 bits per heavy atom. The van der Waals surface area contributed by atoms with E-state index in [9.17, 15) is 18.4 Å². The summed E-state index contributed by atoms with van der Waals surface area (Å²) in [4.78, 5) is 38.5. The minimum Gasteiger partial charge on any atom is -0.327 e. The summed E-state index contributed by atoms with van der Waals surface area (Å²) >= 11 is 0. The van der Waals surface area contributed by atoms with Crippen molar-refractivity contribution in [2.24, 2.45) is 0 Å². The van der Waals surface area contributed by atoms with Gasteiger partial charge in [-0.15, -0.1) is 0 Å². The predicted octanol–water partition coefficient (Wildman–Crippen LogP) is 6.93. The SMILES string of the molecule is CC\C=C(F)/C=C(F)\C=C\C1(C)CNC(CC)(CCC)C(=O)N1Cc1cnc2cc3c(cc2c1)CC1(C3)C(=O)Nc2ncccc21. The molecule has 2 aliphatic heterocycles. The van der Waals surface area contributed by atoms with Gasteiger partial charge in [-0.05, 0) is 92.1 Å². The number of carbonyl (C=O) groups excluding carboxylic acids is 2. The average molecular weight is 626 g/mol. The molecule has 2 N–H and O–H groups in total. The second kappa shape index (κ2) is 12.2. The zero-order valence-electron chi connectivity index (χ0n) is 26.9. The fraction of sp³-hybridized carbons (Fsp3) is 0.405. The summed E-state index contributed by atoms with van der Waals surface area (Å²) in [6, 6.07) is 10.1. The van der Waals surface area contributed by atoms with Crippen molar-refractivity contribution in [3.8, 4) is 0 Å². The maximum atomic E-state index is 14.7. The fourth-order valence-electron chi connectivity index (χ4n) is 7.39. The molecule has 7 nitrogen and oxygen atoms in total. The number of fused-ring (bicyclic) bond motifs is 4. The molecule has 1 aliphatic carbocycles. The molecule has 0 bridgehead atoms. The monoisotopic (exact) mass is 625 g/mol. The molecule has 46 heavy (non-hydrogen) atoms. The van der Waals surface area contributed by atoms with Gasteiger partial charge in [0.15, 0.2) is 0 Å². The Balaban J connectivity index is 1.33. The molecule has 6 rings (SSSR count). The van der Waals surface area contributed by atoms with E-state index in [1.165, 1.54) is 12.2 Å². The van der Waals surface area contributed by atoms with Crippen molar-refractivity contribution in [3.63, 3.8) is 0 Å². The molecule has 3 unspecified atom stereocenters. The molecule has 1 fully saturated rings. The standard InChI is InChI=1S/C37H41F2N5O2/c1-5-9-28(38)18-29(39)11-13-35(4)23-42-37(7-3,12-6-2)34(46)44(35)22-24-15-25-16-26-19-36(20-27(26)17-31(25)41-21-24)30-10-8-14-40-32(30)43-33(36)45/h8-11,13-18,21,42H,5-7,12,19-20,22-23H2,1-4H3,(H,40,43,45)/b13-11+,28-9+,29-18+. The number of hydrogen-bond donors (Lipinski definition) is 2. The molecule has 4 heterocycles. The Hall–Kier alpha value is -4.24. The first-order valence-electron chi connectivity index (χ1n) is 16.2. The van der Waals surface area contributed by atoms with Crippen molar-refractivity contribution in [1.82, 2.24) is 20.2 Å². The van der Waals surface area contributed by atoms with Crippen LogP contribution in [0.25, 0.3) is 10.9 Å². The quantitative estimate of drug-likeness (QED) is 0.252. The van der Waals surface area contributed by atoms with E-state index in [1.807, 2.05) is 30.9 Å². The number of rotatable bonds is 9. The van der Waals surface area contributed by atoms with E-state index in [1.54, 1.807) is 25.4 Å². The number of piperazine rings is 1. The number of halogens is 2. The molecular weight excluding hydrogens is 584 g/mol. The van der Waals surface area contributed by atoms with Crippen molar-refractivity contribution >= 4 is 28.5 Å². The lowest BCUT2D eigenvalue weighted by Crippen LogP contribution is -2.71. The van der Waals surface area contributed by atoms with Crippen LogP contribution in [0.15, 0.2) is 78.7 Å². The number of hydrogen-bond acceptors (Lipinski definition) is 5. The number of pyridine rings is 2. The van der Waals surface area contributed by atoms with Crippen LogP contribution in [-0.2, 0) is 34.4 Å². The summed E-state index contributed by atoms with van der Waals surface area (Å²) in [7, 11) is 0. The van der Waals surface area contributed by atoms with Gasteiger partial charge in [0.25, 0.3) is 0 Å². The number of anilines is 1. The number of nitrogens with zero attached hydrogens (tertiary/aromatic N) is 3. The van der Waals surface area contributed by atoms with E-state index < -0.39 is 28.1 Å². The highest BCUT2D eigenvalue weighted by atomic mass is 19.1. The van der Waals surface area contributed by atoms with Crippen LogP contribution < -0.4 is 10.6 Å². The van der Waals surface area contributed by atoms with Crippen molar-refractivity contribution in [2.45, 2.75) is 89.3 Å². The highest BCUT2D eigenvalue weighted by molar-refractivity contribution is 6.06. The van der Waals surface area contributed by atoms with Gasteiger partial charge in [0.05, 0.1) is 22.0 Å². The number of aromatic nitrogens is 2. The van der Waals surface area contributed by atoms with Gasteiger partial charge in [-0.25, -0.2) is 13.8 Å². The smallest absolute Gasteiger partial charge is 0.243 e. The van der Waals surface area contributed by atoms with Crippen molar-refractivity contribution in [2.75, 3.05) is 11.9 Å². The number of carbonyl (C=O) groups is 2. The Bertz CT molecular complexity index is 1800. The third kappa shape index (κ3) is 5.44. The van der Waals surface area contributed by atoms with Crippen LogP contribution in [0.5, 0.6) is 0 Å². The highest BCUT2D eigenvalue weighted by Crippen LogP contribution is 2.47. The Morgan fingerprint density at radius 3 is 2.59 bits per heavy atom. The summed E-state index contributed by atoms with van der Waals surface area (Å²) in [5, 5.41) is 7.39. The first kappa shape index (κ1) is 31.7. The molecular formula is C37H41F2N5O2. The summed E-state index contributed by atoms with van der Waals surface area (Å²) < 4.78 is 28.7. The van der Waals surface area contributed by atoms with Crippen molar-refractivity contribution < 1.29 is 18.4 Å². The summed E-state index contributed by atoms with van der Waals surface area (Å²) in [5.41, 5.74) is 2.52. The van der Waals surface area contributed by atoms with Gasteiger partial charge in [-0.2, -0.15) is 0 Å². The molecule has 0 saturated carbocycles. The highest BCUT2D eigenvalue weighted by Gasteiger charge is 2.51. The zero-order valence-corrected chi connectivity index (χ0v) is 26.9. The molecule has 1 aromatic carbocycles. The van der Waals surface area contributed by atoms with Crippen LogP contribution in [0.3, 0.4) is 0 Å². The Morgan fingerprint density at radius 1 is 1.07 bits per heavy atom. The van der Waals surface area contributed by atoms with Gasteiger partial charge in [-0.1, -0.05) is 39.3 Å². The van der Waals surface area contributed by atoms with Crippen LogP contribution in [0, 0.1) is 0 Å². The van der Waals surface area contributed by atoms with Crippen LogP contribution >= 0.6 is 0 Å². The van der Waals surface area contributed by atoms with Crippen LogP contribution in [0.2, 0.25) is 0 Å². The second-order valence-electron chi connectivity index (χ2n) is 13.1. The van der Waals surface area contributed by atoms with E-state index in [-0.39, 0.29) is 18.4 Å². The summed E-state index contributed by atoms with van der Waals surface area (Å²) in [6.45, 7) is 8.43. The molecule has 2 aromatic heterocycles. The molecule has 2 amide bonds. The normalized spacial score (nSPS) is 26.3. The maximum Gasteiger partial charge on any atom is 0.243 e. The first-order valence-corrected chi connectivity index (χ1v) is 16.2. The lowest BCUT2D eigenvalue weighted by atomic mass is 9.79. The number of amides is 2. The molecule has 3 aliphatic rings. The van der Waals surface area contributed by atoms with E-state index in [2.05, 4.69) is 40.7 Å². The summed E-state index contributed by atoms with van der Waals surface area (Å²) in [6.07, 6.45) is 12.3. The first-order chi connectivity index (χ1) is 22.1. The molecule has 1 spiro atoms. The number of nitrogens with one attached hydrogen (secondary N) is 2. The third-order valence-corrected chi connectivity index (χ3v) is 9.99. The van der Waals surface area contributed by atoms with Crippen LogP contribution in [0.4, 0.5) is 14.6 Å². The molecule has 9 heteroatoms. The van der Waals surface area contributed by atoms with Gasteiger partial charge in [-0.3, -0.25) is 14.6 Å². The number of benzene rings is 1. The molecule has 0 radical (unpaired) electrons. The predicted molar refractivity (Wildman–Crippen MR) is 176 cm³/mol. The maximum absolute atomic E-state index is 14.7. The zero-order chi connectivity index (χ0) is 32.7. The number of allylic oxidation sites excluding steroid dienone is 5. The Labute approximate surface area is 268 Å². The largest absolute Gasteiger partial charge is 0.327 e. The van der Waals surface area contributed by atoms with Gasteiger partial charge in [0.1, 0.15) is 17.5 Å². The lowest BCUT2D eigenvalue weighted by Gasteiger charge is -2.51. The van der Waals surface area contributed by atoms with Gasteiger partial charge < -0.3 is 15.5 Å². The van der Waals surface area contributed by atoms with Crippen molar-refractivity contribution in [3.05, 3.63) is 101 Å². The molecule has 1 saturated heterocycles. The van der Waals surface area contributed by atoms with Crippen molar-refractivity contribution in [1.29, 1.82) is 0 Å². The van der Waals surface area contributed by atoms with E-state index in [0.29, 0.717) is 44.5 Å².